The number of esters is 1. The molecule has 0 radical (unpaired) electrons. The van der Waals surface area contributed by atoms with Gasteiger partial charge in [0, 0.05) is 12.3 Å². The molecule has 7 heteroatoms. The summed E-state index contributed by atoms with van der Waals surface area (Å²) in [7, 11) is 0. The van der Waals surface area contributed by atoms with Crippen molar-refractivity contribution in [2.75, 3.05) is 0 Å². The second-order valence-electron chi connectivity index (χ2n) is 5.77. The van der Waals surface area contributed by atoms with Gasteiger partial charge >= 0.3 is 5.97 Å². The summed E-state index contributed by atoms with van der Waals surface area (Å²) in [5, 5.41) is 3.67. The molecule has 0 aliphatic rings. The number of aromatic nitrogens is 3. The minimum Gasteiger partial charge on any atom is -0.487 e. The number of aryl methyl sites for hydroxylation is 1. The van der Waals surface area contributed by atoms with Crippen LogP contribution in [0.4, 0.5) is 0 Å². The van der Waals surface area contributed by atoms with Crippen LogP contribution in [0.3, 0.4) is 0 Å². The van der Waals surface area contributed by atoms with Crippen molar-refractivity contribution in [3.63, 3.8) is 0 Å². The maximum Gasteiger partial charge on any atom is 0.331 e. The first-order valence-electron chi connectivity index (χ1n) is 8.42. The summed E-state index contributed by atoms with van der Waals surface area (Å²) in [5.41, 5.74) is 1.70. The topological polar surface area (TPSA) is 87.3 Å². The maximum absolute atomic E-state index is 11.9. The quantitative estimate of drug-likeness (QED) is 0.466. The van der Waals surface area contributed by atoms with Crippen LogP contribution in [0.1, 0.15) is 36.0 Å². The van der Waals surface area contributed by atoms with Gasteiger partial charge in [-0.3, -0.25) is 4.98 Å². The molecule has 0 bridgehead atoms. The maximum atomic E-state index is 11.9. The Hall–Kier alpha value is -3.48. The van der Waals surface area contributed by atoms with Gasteiger partial charge in [-0.1, -0.05) is 23.4 Å². The fraction of sp³-hybridized carbons (Fsp3) is 0.200. The van der Waals surface area contributed by atoms with Crippen LogP contribution >= 0.6 is 0 Å². The van der Waals surface area contributed by atoms with E-state index in [0.29, 0.717) is 12.4 Å². The highest BCUT2D eigenvalue weighted by Crippen LogP contribution is 2.16. The second-order valence-corrected chi connectivity index (χ2v) is 5.77. The lowest BCUT2D eigenvalue weighted by atomic mass is 10.2. The fourth-order valence-electron chi connectivity index (χ4n) is 2.22. The third-order valence-corrected chi connectivity index (χ3v) is 3.59. The Morgan fingerprint density at radius 3 is 2.70 bits per heavy atom. The molecule has 0 amide bonds. The van der Waals surface area contributed by atoms with E-state index in [1.807, 2.05) is 42.5 Å². The molecule has 0 N–H and O–H groups in total. The Labute approximate surface area is 156 Å². The third-order valence-electron chi connectivity index (χ3n) is 3.59. The van der Waals surface area contributed by atoms with E-state index in [1.54, 1.807) is 26.1 Å². The molecule has 0 saturated heterocycles. The minimum absolute atomic E-state index is 0.267. The molecule has 3 aromatic rings. The Balaban J connectivity index is 1.50. The third kappa shape index (κ3) is 5.50. The Kier molecular flexibility index (Phi) is 5.94. The lowest BCUT2D eigenvalue weighted by Gasteiger charge is -2.07. The standard InChI is InChI=1S/C20H19N3O4/c1-14(20-22-15(2)23-27-20)26-19(24)11-8-16-6-9-18(10-7-16)25-13-17-5-3-4-12-21-17/h3-12,14H,13H2,1-2H3. The number of pyridine rings is 1. The molecular formula is C20H19N3O4. The van der Waals surface area contributed by atoms with Crippen molar-refractivity contribution in [2.24, 2.45) is 0 Å². The molecular weight excluding hydrogens is 346 g/mol. The van der Waals surface area contributed by atoms with Gasteiger partial charge in [0.2, 0.25) is 0 Å². The number of rotatable bonds is 7. The van der Waals surface area contributed by atoms with Gasteiger partial charge < -0.3 is 14.0 Å². The van der Waals surface area contributed by atoms with E-state index < -0.39 is 12.1 Å². The van der Waals surface area contributed by atoms with Gasteiger partial charge in [0.1, 0.15) is 12.4 Å². The Bertz CT molecular complexity index is 904. The first kappa shape index (κ1) is 18.3. The summed E-state index contributed by atoms with van der Waals surface area (Å²) in [6.45, 7) is 3.77. The van der Waals surface area contributed by atoms with Gasteiger partial charge in [0.25, 0.3) is 5.89 Å². The summed E-state index contributed by atoms with van der Waals surface area (Å²) < 4.78 is 15.9. The molecule has 0 spiro atoms. The second kappa shape index (κ2) is 8.75. The molecule has 3 rings (SSSR count). The molecule has 1 atom stereocenters. The average molecular weight is 365 g/mol. The van der Waals surface area contributed by atoms with Crippen molar-refractivity contribution in [1.82, 2.24) is 15.1 Å². The molecule has 0 aliphatic carbocycles. The zero-order valence-electron chi connectivity index (χ0n) is 15.0. The highest BCUT2D eigenvalue weighted by Gasteiger charge is 2.16. The fourth-order valence-corrected chi connectivity index (χ4v) is 2.22. The normalized spacial score (nSPS) is 12.1. The number of hydrogen-bond donors (Lipinski definition) is 0. The Morgan fingerprint density at radius 1 is 1.22 bits per heavy atom. The number of ether oxygens (including phenoxy) is 2. The van der Waals surface area contributed by atoms with Crippen LogP contribution < -0.4 is 4.74 Å². The molecule has 0 aliphatic heterocycles. The van der Waals surface area contributed by atoms with E-state index in [4.69, 9.17) is 14.0 Å². The predicted octanol–water partition coefficient (Wildman–Crippen LogP) is 3.67. The van der Waals surface area contributed by atoms with Gasteiger partial charge in [0.05, 0.1) is 5.69 Å². The summed E-state index contributed by atoms with van der Waals surface area (Å²) in [5.74, 6) is 0.993. The van der Waals surface area contributed by atoms with Gasteiger partial charge in [-0.2, -0.15) is 4.98 Å². The summed E-state index contributed by atoms with van der Waals surface area (Å²) >= 11 is 0. The highest BCUT2D eigenvalue weighted by molar-refractivity contribution is 5.87. The van der Waals surface area contributed by atoms with Crippen LogP contribution in [0.5, 0.6) is 5.75 Å². The van der Waals surface area contributed by atoms with E-state index >= 15 is 0 Å². The van der Waals surface area contributed by atoms with Crippen molar-refractivity contribution in [2.45, 2.75) is 26.6 Å². The van der Waals surface area contributed by atoms with Gasteiger partial charge in [0.15, 0.2) is 11.9 Å². The number of nitrogens with zero attached hydrogens (tertiary/aromatic N) is 3. The first-order chi connectivity index (χ1) is 13.1. The number of benzene rings is 1. The van der Waals surface area contributed by atoms with Gasteiger partial charge in [-0.05, 0) is 49.8 Å². The molecule has 1 aromatic carbocycles. The monoisotopic (exact) mass is 365 g/mol. The van der Waals surface area contributed by atoms with Crippen molar-refractivity contribution < 1.29 is 18.8 Å². The minimum atomic E-state index is -0.606. The van der Waals surface area contributed by atoms with E-state index in [1.165, 1.54) is 6.08 Å². The Morgan fingerprint density at radius 2 is 2.04 bits per heavy atom. The molecule has 138 valence electrons. The summed E-state index contributed by atoms with van der Waals surface area (Å²) in [6.07, 6.45) is 4.14. The zero-order valence-corrected chi connectivity index (χ0v) is 15.0. The van der Waals surface area contributed by atoms with Crippen LogP contribution in [0, 0.1) is 6.92 Å². The van der Waals surface area contributed by atoms with Crippen LogP contribution in [-0.4, -0.2) is 21.1 Å². The molecule has 0 saturated carbocycles. The molecule has 0 fully saturated rings. The van der Waals surface area contributed by atoms with Crippen molar-refractivity contribution in [3.8, 4) is 5.75 Å². The number of carbonyl (C=O) groups excluding carboxylic acids is 1. The van der Waals surface area contributed by atoms with Crippen molar-refractivity contribution >= 4 is 12.0 Å². The molecule has 1 unspecified atom stereocenters. The van der Waals surface area contributed by atoms with E-state index in [0.717, 1.165) is 17.0 Å². The molecule has 27 heavy (non-hydrogen) atoms. The molecule has 2 aromatic heterocycles. The van der Waals surface area contributed by atoms with E-state index in [9.17, 15) is 4.79 Å². The average Bonchev–Trinajstić information content (AvgIpc) is 3.13. The molecule has 7 nitrogen and oxygen atoms in total. The smallest absolute Gasteiger partial charge is 0.331 e. The summed E-state index contributed by atoms with van der Waals surface area (Å²) in [4.78, 5) is 20.1. The van der Waals surface area contributed by atoms with E-state index in [-0.39, 0.29) is 5.89 Å². The summed E-state index contributed by atoms with van der Waals surface area (Å²) in [6, 6.07) is 13.0. The molecule has 2 heterocycles. The zero-order chi connectivity index (χ0) is 19.1. The van der Waals surface area contributed by atoms with Crippen molar-refractivity contribution in [1.29, 1.82) is 0 Å². The highest BCUT2D eigenvalue weighted by atomic mass is 16.6. The van der Waals surface area contributed by atoms with Crippen molar-refractivity contribution in [3.05, 3.63) is 77.7 Å². The van der Waals surface area contributed by atoms with Crippen LogP contribution in [0.15, 0.2) is 59.3 Å². The lowest BCUT2D eigenvalue weighted by Crippen LogP contribution is -2.06. The lowest BCUT2D eigenvalue weighted by molar-refractivity contribution is -0.143. The predicted molar refractivity (Wildman–Crippen MR) is 97.6 cm³/mol. The largest absolute Gasteiger partial charge is 0.487 e. The van der Waals surface area contributed by atoms with Gasteiger partial charge in [-0.25, -0.2) is 4.79 Å². The van der Waals surface area contributed by atoms with Gasteiger partial charge in [-0.15, -0.1) is 0 Å². The van der Waals surface area contributed by atoms with Crippen LogP contribution in [0.25, 0.3) is 6.08 Å². The first-order valence-corrected chi connectivity index (χ1v) is 8.42. The van der Waals surface area contributed by atoms with Crippen LogP contribution in [0.2, 0.25) is 0 Å². The van der Waals surface area contributed by atoms with Crippen LogP contribution in [-0.2, 0) is 16.1 Å². The SMILES string of the molecule is Cc1noc(C(C)OC(=O)C=Cc2ccc(OCc3ccccn3)cc2)n1. The number of carbonyl (C=O) groups is 1. The number of hydrogen-bond acceptors (Lipinski definition) is 7. The van der Waals surface area contributed by atoms with E-state index in [2.05, 4.69) is 15.1 Å².